The molecule has 0 saturated heterocycles. The number of rotatable bonds is 1. The molecule has 17 heavy (non-hydrogen) atoms. The van der Waals surface area contributed by atoms with Crippen molar-refractivity contribution in [3.63, 3.8) is 0 Å². The Kier molecular flexibility index (Phi) is 2.53. The van der Waals surface area contributed by atoms with Gasteiger partial charge < -0.3 is 4.57 Å². The van der Waals surface area contributed by atoms with Crippen LogP contribution in [0.25, 0.3) is 21.6 Å². The summed E-state index contributed by atoms with van der Waals surface area (Å²) in [6.07, 6.45) is 0. The number of nitrogens with zero attached hydrogens (tertiary/aromatic N) is 2. The molecule has 0 N–H and O–H groups in total. The van der Waals surface area contributed by atoms with Crippen LogP contribution in [0.3, 0.4) is 0 Å². The minimum atomic E-state index is 0.687. The third-order valence-corrected chi connectivity index (χ3v) is 4.09. The van der Waals surface area contributed by atoms with E-state index in [4.69, 9.17) is 12.2 Å². The van der Waals surface area contributed by atoms with Gasteiger partial charge in [0.2, 0.25) is 0 Å². The lowest BCUT2D eigenvalue weighted by Crippen LogP contribution is -2.00. The maximum absolute atomic E-state index is 5.34. The zero-order chi connectivity index (χ0) is 11.8. The van der Waals surface area contributed by atoms with E-state index in [-0.39, 0.29) is 0 Å². The van der Waals surface area contributed by atoms with E-state index < -0.39 is 0 Å². The number of benzene rings is 1. The molecule has 0 fully saturated rings. The Balaban J connectivity index is 2.38. The topological polar surface area (TPSA) is 17.8 Å². The van der Waals surface area contributed by atoms with Crippen LogP contribution in [0.5, 0.6) is 0 Å². The van der Waals surface area contributed by atoms with E-state index in [1.54, 1.807) is 11.3 Å². The van der Waals surface area contributed by atoms with Crippen LogP contribution in [-0.2, 0) is 7.05 Å². The SMILES string of the molecule is Cn1c(-c2ccccc2)nc(=S)c2sccc21. The zero-order valence-electron chi connectivity index (χ0n) is 9.25. The quantitative estimate of drug-likeness (QED) is 0.613. The first-order valence-electron chi connectivity index (χ1n) is 5.27. The van der Waals surface area contributed by atoms with Crippen LogP contribution in [0, 0.1) is 4.64 Å². The van der Waals surface area contributed by atoms with Gasteiger partial charge in [-0.05, 0) is 11.4 Å². The predicted octanol–water partition coefficient (Wildman–Crippen LogP) is 4.03. The van der Waals surface area contributed by atoms with Crippen LogP contribution in [-0.4, -0.2) is 9.55 Å². The van der Waals surface area contributed by atoms with Gasteiger partial charge in [-0.1, -0.05) is 42.5 Å². The highest BCUT2D eigenvalue weighted by molar-refractivity contribution is 7.71. The molecule has 0 aliphatic carbocycles. The minimum absolute atomic E-state index is 0.687. The van der Waals surface area contributed by atoms with Gasteiger partial charge in [0.15, 0.2) is 0 Å². The van der Waals surface area contributed by atoms with E-state index in [1.165, 1.54) is 0 Å². The molecule has 0 amide bonds. The molecule has 2 aromatic heterocycles. The molecule has 2 heterocycles. The molecule has 4 heteroatoms. The first kappa shape index (κ1) is 10.6. The molecule has 0 radical (unpaired) electrons. The Morgan fingerprint density at radius 3 is 2.71 bits per heavy atom. The maximum atomic E-state index is 5.34. The van der Waals surface area contributed by atoms with Gasteiger partial charge in [0.1, 0.15) is 10.5 Å². The highest BCUT2D eigenvalue weighted by atomic mass is 32.1. The lowest BCUT2D eigenvalue weighted by molar-refractivity contribution is 0.924. The fraction of sp³-hybridized carbons (Fsp3) is 0.0769. The van der Waals surface area contributed by atoms with Crippen molar-refractivity contribution in [1.82, 2.24) is 9.55 Å². The lowest BCUT2D eigenvalue weighted by Gasteiger charge is -2.09. The van der Waals surface area contributed by atoms with Crippen molar-refractivity contribution in [2.75, 3.05) is 0 Å². The number of thiophene rings is 1. The van der Waals surface area contributed by atoms with E-state index in [2.05, 4.69) is 33.1 Å². The average molecular weight is 258 g/mol. The summed E-state index contributed by atoms with van der Waals surface area (Å²) in [5.74, 6) is 0.918. The summed E-state index contributed by atoms with van der Waals surface area (Å²) in [5, 5.41) is 2.05. The molecule has 0 bridgehead atoms. The summed E-state index contributed by atoms with van der Waals surface area (Å²) in [6.45, 7) is 0. The van der Waals surface area contributed by atoms with Gasteiger partial charge in [0.05, 0.1) is 10.2 Å². The summed E-state index contributed by atoms with van der Waals surface area (Å²) >= 11 is 6.99. The van der Waals surface area contributed by atoms with E-state index in [0.717, 1.165) is 21.6 Å². The van der Waals surface area contributed by atoms with Crippen LogP contribution in [0.15, 0.2) is 41.8 Å². The third kappa shape index (κ3) is 1.69. The molecule has 3 aromatic rings. The van der Waals surface area contributed by atoms with Crippen molar-refractivity contribution in [1.29, 1.82) is 0 Å². The van der Waals surface area contributed by atoms with Gasteiger partial charge in [0, 0.05) is 12.6 Å². The Labute approximate surface area is 108 Å². The van der Waals surface area contributed by atoms with Gasteiger partial charge in [-0.2, -0.15) is 0 Å². The Morgan fingerprint density at radius 1 is 1.18 bits per heavy atom. The molecule has 84 valence electrons. The number of aryl methyl sites for hydroxylation is 1. The van der Waals surface area contributed by atoms with E-state index in [9.17, 15) is 0 Å². The van der Waals surface area contributed by atoms with Gasteiger partial charge in [-0.3, -0.25) is 0 Å². The zero-order valence-corrected chi connectivity index (χ0v) is 10.9. The van der Waals surface area contributed by atoms with Crippen molar-refractivity contribution in [2.24, 2.45) is 7.05 Å². The van der Waals surface area contributed by atoms with Crippen LogP contribution in [0.1, 0.15) is 0 Å². The second kappa shape index (κ2) is 4.05. The number of aromatic nitrogens is 2. The molecule has 0 unspecified atom stereocenters. The molecule has 3 rings (SSSR count). The first-order chi connectivity index (χ1) is 8.27. The largest absolute Gasteiger partial charge is 0.328 e. The van der Waals surface area contributed by atoms with Crippen LogP contribution < -0.4 is 0 Å². The Morgan fingerprint density at radius 2 is 1.94 bits per heavy atom. The molecule has 0 aliphatic heterocycles. The number of hydrogen-bond donors (Lipinski definition) is 0. The Bertz CT molecular complexity index is 726. The minimum Gasteiger partial charge on any atom is -0.328 e. The molecule has 0 aliphatic rings. The molecule has 0 spiro atoms. The van der Waals surface area contributed by atoms with Crippen LogP contribution >= 0.6 is 23.6 Å². The summed E-state index contributed by atoms with van der Waals surface area (Å²) in [6, 6.07) is 12.2. The molecule has 1 aromatic carbocycles. The van der Waals surface area contributed by atoms with Gasteiger partial charge in [-0.15, -0.1) is 11.3 Å². The number of hydrogen-bond acceptors (Lipinski definition) is 3. The van der Waals surface area contributed by atoms with Crippen molar-refractivity contribution in [3.05, 3.63) is 46.4 Å². The van der Waals surface area contributed by atoms with Crippen LogP contribution in [0.2, 0.25) is 0 Å². The summed E-state index contributed by atoms with van der Waals surface area (Å²) in [4.78, 5) is 4.53. The smallest absolute Gasteiger partial charge is 0.147 e. The molecule has 0 saturated carbocycles. The summed E-state index contributed by atoms with van der Waals surface area (Å²) in [5.41, 5.74) is 2.24. The molecular formula is C13H10N2S2. The first-order valence-corrected chi connectivity index (χ1v) is 6.56. The second-order valence-corrected chi connectivity index (χ2v) is 5.10. The molecule has 2 nitrogen and oxygen atoms in total. The fourth-order valence-electron chi connectivity index (χ4n) is 1.91. The van der Waals surface area contributed by atoms with E-state index in [1.807, 2.05) is 25.2 Å². The standard InChI is InChI=1S/C13H10N2S2/c1-15-10-7-8-17-11(10)13(16)14-12(15)9-5-3-2-4-6-9/h2-8H,1H3. The second-order valence-electron chi connectivity index (χ2n) is 3.80. The Hall–Kier alpha value is -1.52. The highest BCUT2D eigenvalue weighted by Crippen LogP contribution is 2.25. The molecular weight excluding hydrogens is 248 g/mol. The van der Waals surface area contributed by atoms with Crippen molar-refractivity contribution in [2.45, 2.75) is 0 Å². The van der Waals surface area contributed by atoms with Crippen molar-refractivity contribution < 1.29 is 0 Å². The van der Waals surface area contributed by atoms with E-state index in [0.29, 0.717) is 4.64 Å². The summed E-state index contributed by atoms with van der Waals surface area (Å²) in [7, 11) is 2.03. The van der Waals surface area contributed by atoms with Gasteiger partial charge in [-0.25, -0.2) is 4.98 Å². The fourth-order valence-corrected chi connectivity index (χ4v) is 3.05. The average Bonchev–Trinajstić information content (AvgIpc) is 2.85. The van der Waals surface area contributed by atoms with Crippen molar-refractivity contribution in [3.8, 4) is 11.4 Å². The maximum Gasteiger partial charge on any atom is 0.147 e. The monoisotopic (exact) mass is 258 g/mol. The number of fused-ring (bicyclic) bond motifs is 1. The van der Waals surface area contributed by atoms with E-state index >= 15 is 0 Å². The van der Waals surface area contributed by atoms with Gasteiger partial charge in [0.25, 0.3) is 0 Å². The lowest BCUT2D eigenvalue weighted by atomic mass is 10.2. The third-order valence-electron chi connectivity index (χ3n) is 2.76. The predicted molar refractivity (Wildman–Crippen MR) is 74.9 cm³/mol. The van der Waals surface area contributed by atoms with Gasteiger partial charge >= 0.3 is 0 Å². The molecule has 0 atom stereocenters. The van der Waals surface area contributed by atoms with Crippen molar-refractivity contribution >= 4 is 33.8 Å². The summed E-state index contributed by atoms with van der Waals surface area (Å²) < 4.78 is 3.87. The highest BCUT2D eigenvalue weighted by Gasteiger charge is 2.08. The normalized spacial score (nSPS) is 10.9. The van der Waals surface area contributed by atoms with Crippen LogP contribution in [0.4, 0.5) is 0 Å².